The highest BCUT2D eigenvalue weighted by molar-refractivity contribution is 5.55. The average Bonchev–Trinajstić information content (AvgIpc) is 2.57. The number of nitrogens with one attached hydrogen (secondary N) is 1. The summed E-state index contributed by atoms with van der Waals surface area (Å²) in [5, 5.41) is 7.34. The van der Waals surface area contributed by atoms with E-state index < -0.39 is 0 Å². The highest BCUT2D eigenvalue weighted by Crippen LogP contribution is 2.22. The van der Waals surface area contributed by atoms with Crippen molar-refractivity contribution in [3.8, 4) is 0 Å². The first-order valence-electron chi connectivity index (χ1n) is 7.92. The summed E-state index contributed by atoms with van der Waals surface area (Å²) in [5.41, 5.74) is 3.14. The molecule has 1 aliphatic heterocycles. The van der Waals surface area contributed by atoms with Crippen molar-refractivity contribution in [1.29, 1.82) is 0 Å². The molecule has 0 radical (unpaired) electrons. The van der Waals surface area contributed by atoms with Crippen LogP contribution in [0.4, 0.5) is 11.4 Å². The number of hydrogen-bond donors (Lipinski definition) is 1. The molecular formula is C17H23N5O. The third-order valence-corrected chi connectivity index (χ3v) is 4.29. The van der Waals surface area contributed by atoms with Crippen molar-refractivity contribution in [3.63, 3.8) is 0 Å². The molecule has 1 fully saturated rings. The molecule has 1 aliphatic rings. The molecule has 6 heteroatoms. The molecule has 6 nitrogen and oxygen atoms in total. The normalized spacial score (nSPS) is 15.7. The molecule has 0 spiro atoms. The molecule has 1 N–H and O–H groups in total. The van der Waals surface area contributed by atoms with Gasteiger partial charge in [-0.15, -0.1) is 0 Å². The van der Waals surface area contributed by atoms with Gasteiger partial charge in [0, 0.05) is 51.5 Å². The lowest BCUT2D eigenvalue weighted by Gasteiger charge is -2.35. The van der Waals surface area contributed by atoms with Gasteiger partial charge in [-0.25, -0.2) is 4.68 Å². The van der Waals surface area contributed by atoms with Crippen LogP contribution in [-0.2, 0) is 13.6 Å². The van der Waals surface area contributed by atoms with Crippen LogP contribution in [0.25, 0.3) is 0 Å². The largest absolute Gasteiger partial charge is 0.379 e. The lowest BCUT2D eigenvalue weighted by molar-refractivity contribution is 0.312. The molecule has 0 aliphatic carbocycles. The van der Waals surface area contributed by atoms with Crippen molar-refractivity contribution in [2.75, 3.05) is 43.4 Å². The number of likely N-dealkylation sites (N-methyl/N-ethyl adjacent to an activating group) is 1. The van der Waals surface area contributed by atoms with Gasteiger partial charge < -0.3 is 15.1 Å². The molecule has 3 rings (SSSR count). The number of aryl methyl sites for hydroxylation is 1. The first-order chi connectivity index (χ1) is 11.1. The summed E-state index contributed by atoms with van der Waals surface area (Å²) in [5.74, 6) is 0. The van der Waals surface area contributed by atoms with Crippen LogP contribution in [-0.4, -0.2) is 47.9 Å². The quantitative estimate of drug-likeness (QED) is 0.917. The molecule has 23 heavy (non-hydrogen) atoms. The Kier molecular flexibility index (Phi) is 4.62. The number of hydrogen-bond acceptors (Lipinski definition) is 5. The fourth-order valence-electron chi connectivity index (χ4n) is 2.78. The average molecular weight is 313 g/mol. The van der Waals surface area contributed by atoms with Gasteiger partial charge in [-0.05, 0) is 18.7 Å². The van der Waals surface area contributed by atoms with E-state index in [2.05, 4.69) is 51.5 Å². The Labute approximate surface area is 136 Å². The summed E-state index contributed by atoms with van der Waals surface area (Å²) in [6.07, 6.45) is 1.68. The number of anilines is 2. The van der Waals surface area contributed by atoms with Crippen LogP contribution in [0.1, 0.15) is 5.56 Å². The molecular weight excluding hydrogens is 290 g/mol. The predicted molar refractivity (Wildman–Crippen MR) is 93.0 cm³/mol. The Morgan fingerprint density at radius 1 is 1.13 bits per heavy atom. The van der Waals surface area contributed by atoms with E-state index in [1.165, 1.54) is 15.9 Å². The molecule has 122 valence electrons. The number of benzene rings is 1. The zero-order valence-corrected chi connectivity index (χ0v) is 13.7. The SMILES string of the molecule is CN1CCN(c2ccccc2CNc2cnn(C)c(=O)c2)CC1. The second-order valence-electron chi connectivity index (χ2n) is 5.98. The Bertz CT molecular complexity index is 719. The Hall–Kier alpha value is -2.34. The van der Waals surface area contributed by atoms with E-state index in [9.17, 15) is 4.79 Å². The minimum absolute atomic E-state index is 0.109. The fourth-order valence-corrected chi connectivity index (χ4v) is 2.78. The van der Waals surface area contributed by atoms with Crippen molar-refractivity contribution in [2.45, 2.75) is 6.54 Å². The fraction of sp³-hybridized carbons (Fsp3) is 0.412. The van der Waals surface area contributed by atoms with Crippen molar-refractivity contribution in [2.24, 2.45) is 7.05 Å². The maximum atomic E-state index is 11.6. The Morgan fingerprint density at radius 3 is 2.61 bits per heavy atom. The molecule has 0 unspecified atom stereocenters. The van der Waals surface area contributed by atoms with Gasteiger partial charge in [-0.1, -0.05) is 18.2 Å². The van der Waals surface area contributed by atoms with Gasteiger partial charge in [-0.3, -0.25) is 4.79 Å². The summed E-state index contributed by atoms with van der Waals surface area (Å²) in [4.78, 5) is 16.4. The van der Waals surface area contributed by atoms with Crippen molar-refractivity contribution in [1.82, 2.24) is 14.7 Å². The van der Waals surface area contributed by atoms with E-state index >= 15 is 0 Å². The van der Waals surface area contributed by atoms with Gasteiger partial charge >= 0.3 is 0 Å². The van der Waals surface area contributed by atoms with Gasteiger partial charge in [0.1, 0.15) is 0 Å². The molecule has 0 saturated carbocycles. The minimum Gasteiger partial charge on any atom is -0.379 e. The highest BCUT2D eigenvalue weighted by atomic mass is 16.1. The summed E-state index contributed by atoms with van der Waals surface area (Å²) >= 11 is 0. The number of para-hydroxylation sites is 1. The van der Waals surface area contributed by atoms with E-state index in [0.717, 1.165) is 31.9 Å². The number of aromatic nitrogens is 2. The zero-order valence-electron chi connectivity index (χ0n) is 13.7. The van der Waals surface area contributed by atoms with Crippen molar-refractivity contribution < 1.29 is 0 Å². The predicted octanol–water partition coefficient (Wildman–Crippen LogP) is 1.14. The highest BCUT2D eigenvalue weighted by Gasteiger charge is 2.16. The zero-order chi connectivity index (χ0) is 16.2. The molecule has 1 aromatic heterocycles. The lowest BCUT2D eigenvalue weighted by atomic mass is 10.1. The van der Waals surface area contributed by atoms with Crippen LogP contribution in [0.3, 0.4) is 0 Å². The van der Waals surface area contributed by atoms with Crippen LogP contribution >= 0.6 is 0 Å². The first-order valence-corrected chi connectivity index (χ1v) is 7.92. The van der Waals surface area contributed by atoms with E-state index in [1.807, 2.05) is 0 Å². The van der Waals surface area contributed by atoms with E-state index in [1.54, 1.807) is 19.3 Å². The summed E-state index contributed by atoms with van der Waals surface area (Å²) < 4.78 is 1.32. The molecule has 1 saturated heterocycles. The number of piperazine rings is 1. The summed E-state index contributed by atoms with van der Waals surface area (Å²) in [6.45, 7) is 4.93. The van der Waals surface area contributed by atoms with Gasteiger partial charge in [0.2, 0.25) is 0 Å². The van der Waals surface area contributed by atoms with Crippen molar-refractivity contribution >= 4 is 11.4 Å². The van der Waals surface area contributed by atoms with Crippen molar-refractivity contribution in [3.05, 3.63) is 52.4 Å². The van der Waals surface area contributed by atoms with Gasteiger partial charge in [0.05, 0.1) is 11.9 Å². The molecule has 0 amide bonds. The van der Waals surface area contributed by atoms with E-state index in [-0.39, 0.29) is 5.56 Å². The molecule has 1 aromatic carbocycles. The Balaban J connectivity index is 1.72. The van der Waals surface area contributed by atoms with E-state index in [4.69, 9.17) is 0 Å². The van der Waals surface area contributed by atoms with Crippen LogP contribution in [0, 0.1) is 0 Å². The first kappa shape index (κ1) is 15.6. The van der Waals surface area contributed by atoms with E-state index in [0.29, 0.717) is 6.54 Å². The number of nitrogens with zero attached hydrogens (tertiary/aromatic N) is 4. The molecule has 0 atom stereocenters. The topological polar surface area (TPSA) is 53.4 Å². The number of rotatable bonds is 4. The van der Waals surface area contributed by atoms with Gasteiger partial charge in [-0.2, -0.15) is 5.10 Å². The molecule has 2 heterocycles. The monoisotopic (exact) mass is 313 g/mol. The second kappa shape index (κ2) is 6.83. The summed E-state index contributed by atoms with van der Waals surface area (Å²) in [6, 6.07) is 10.0. The molecule has 0 bridgehead atoms. The van der Waals surface area contributed by atoms with Crippen LogP contribution in [0.5, 0.6) is 0 Å². The minimum atomic E-state index is -0.109. The molecule has 2 aromatic rings. The van der Waals surface area contributed by atoms with Gasteiger partial charge in [0.25, 0.3) is 5.56 Å². The maximum absolute atomic E-state index is 11.6. The second-order valence-corrected chi connectivity index (χ2v) is 5.98. The van der Waals surface area contributed by atoms with Crippen LogP contribution in [0.15, 0.2) is 41.3 Å². The van der Waals surface area contributed by atoms with Gasteiger partial charge in [0.15, 0.2) is 0 Å². The smallest absolute Gasteiger partial charge is 0.268 e. The lowest BCUT2D eigenvalue weighted by Crippen LogP contribution is -2.44. The third-order valence-electron chi connectivity index (χ3n) is 4.29. The third kappa shape index (κ3) is 3.71. The van der Waals surface area contributed by atoms with Crippen LogP contribution < -0.4 is 15.8 Å². The van der Waals surface area contributed by atoms with Crippen LogP contribution in [0.2, 0.25) is 0 Å². The standard InChI is InChI=1S/C17H23N5O/c1-20-7-9-22(10-8-20)16-6-4-3-5-14(16)12-18-15-11-17(23)21(2)19-13-15/h3-6,11,13,18H,7-10,12H2,1-2H3. The summed E-state index contributed by atoms with van der Waals surface area (Å²) in [7, 11) is 3.81. The Morgan fingerprint density at radius 2 is 1.87 bits per heavy atom. The maximum Gasteiger partial charge on any atom is 0.268 e.